The Balaban J connectivity index is 0.943. The molecule has 0 saturated heterocycles. The number of quaternary nitrogens is 1. The first-order valence-electron chi connectivity index (χ1n) is 22.5. The zero-order chi connectivity index (χ0) is 42.8. The van der Waals surface area contributed by atoms with Crippen molar-refractivity contribution in [2.24, 2.45) is 4.99 Å². The third kappa shape index (κ3) is 6.03. The van der Waals surface area contributed by atoms with E-state index in [2.05, 4.69) is 249 Å². The van der Waals surface area contributed by atoms with Crippen molar-refractivity contribution in [3.8, 4) is 44.5 Å². The van der Waals surface area contributed by atoms with Crippen LogP contribution in [-0.4, -0.2) is 5.84 Å². The Morgan fingerprint density at radius 3 is 1.48 bits per heavy atom. The predicted molar refractivity (Wildman–Crippen MR) is 262 cm³/mol. The molecule has 0 saturated carbocycles. The highest BCUT2D eigenvalue weighted by Crippen LogP contribution is 2.62. The van der Waals surface area contributed by atoms with Crippen molar-refractivity contribution < 1.29 is 5.32 Å². The van der Waals surface area contributed by atoms with Crippen molar-refractivity contribution in [3.05, 3.63) is 275 Å². The van der Waals surface area contributed by atoms with Crippen LogP contribution in [-0.2, 0) is 10.8 Å². The molecule has 3 N–H and O–H groups in total. The second-order valence-electron chi connectivity index (χ2n) is 18.1. The van der Waals surface area contributed by atoms with Crippen LogP contribution in [0.2, 0.25) is 0 Å². The van der Waals surface area contributed by atoms with Crippen LogP contribution in [0.5, 0.6) is 0 Å². The van der Waals surface area contributed by atoms with Gasteiger partial charge in [0.25, 0.3) is 0 Å². The fourth-order valence-corrected chi connectivity index (χ4v) is 11.0. The van der Waals surface area contributed by atoms with E-state index in [4.69, 9.17) is 4.99 Å². The Morgan fingerprint density at radius 1 is 0.375 bits per heavy atom. The van der Waals surface area contributed by atoms with Crippen molar-refractivity contribution in [1.29, 1.82) is 0 Å². The minimum absolute atomic E-state index is 0.0429. The Bertz CT molecular complexity index is 3190. The molecule has 0 radical (unpaired) electrons. The van der Waals surface area contributed by atoms with Crippen LogP contribution in [0.1, 0.15) is 76.3 Å². The summed E-state index contributed by atoms with van der Waals surface area (Å²) in [7, 11) is 0. The number of benzene rings is 9. The van der Waals surface area contributed by atoms with Crippen molar-refractivity contribution in [3.63, 3.8) is 0 Å². The lowest BCUT2D eigenvalue weighted by Crippen LogP contribution is -2.90. The van der Waals surface area contributed by atoms with Crippen LogP contribution in [0.25, 0.3) is 44.5 Å². The molecule has 3 aliphatic rings. The van der Waals surface area contributed by atoms with Crippen molar-refractivity contribution in [1.82, 2.24) is 5.32 Å². The van der Waals surface area contributed by atoms with Gasteiger partial charge < -0.3 is 5.32 Å². The Kier molecular flexibility index (Phi) is 8.96. The fourth-order valence-electron chi connectivity index (χ4n) is 11.0. The van der Waals surface area contributed by atoms with E-state index < -0.39 is 5.41 Å². The monoisotopic (exact) mass is 822 g/mol. The van der Waals surface area contributed by atoms with E-state index in [-0.39, 0.29) is 17.7 Å². The molecule has 0 aromatic heterocycles. The molecule has 64 heavy (non-hydrogen) atoms. The van der Waals surface area contributed by atoms with E-state index >= 15 is 0 Å². The lowest BCUT2D eigenvalue weighted by Gasteiger charge is -2.46. The highest BCUT2D eigenvalue weighted by Gasteiger charge is 2.53. The molecule has 9 aromatic carbocycles. The highest BCUT2D eigenvalue weighted by atomic mass is 15.3. The predicted octanol–water partition coefficient (Wildman–Crippen LogP) is 13.0. The molecule has 3 nitrogen and oxygen atoms in total. The lowest BCUT2D eigenvalue weighted by atomic mass is 9.55. The Labute approximate surface area is 375 Å². The van der Waals surface area contributed by atoms with Crippen LogP contribution >= 0.6 is 0 Å². The first kappa shape index (κ1) is 38.1. The molecule has 1 aliphatic heterocycles. The van der Waals surface area contributed by atoms with Crippen LogP contribution in [0.3, 0.4) is 0 Å². The number of fused-ring (bicyclic) bond motifs is 9. The van der Waals surface area contributed by atoms with E-state index in [9.17, 15) is 0 Å². The molecule has 3 heteroatoms. The van der Waals surface area contributed by atoms with Crippen molar-refractivity contribution >= 4 is 5.84 Å². The van der Waals surface area contributed by atoms with Gasteiger partial charge in [0, 0.05) is 22.1 Å². The molecule has 2 unspecified atom stereocenters. The first-order valence-corrected chi connectivity index (χ1v) is 22.5. The number of nitrogens with one attached hydrogen (secondary N) is 1. The van der Waals surface area contributed by atoms with Gasteiger partial charge in [0.1, 0.15) is 5.84 Å². The maximum Gasteiger partial charge on any atom is 0.209 e. The van der Waals surface area contributed by atoms with Gasteiger partial charge in [-0.2, -0.15) is 0 Å². The lowest BCUT2D eigenvalue weighted by molar-refractivity contribution is -0.739. The maximum atomic E-state index is 5.45. The van der Waals surface area contributed by atoms with Gasteiger partial charge in [-0.1, -0.05) is 226 Å². The van der Waals surface area contributed by atoms with Crippen LogP contribution < -0.4 is 10.6 Å². The largest absolute Gasteiger partial charge is 0.317 e. The molecule has 2 atom stereocenters. The summed E-state index contributed by atoms with van der Waals surface area (Å²) in [6, 6.07) is 82.6. The van der Waals surface area contributed by atoms with Gasteiger partial charge in [0.2, 0.25) is 6.17 Å². The molecular formula is C61H48N3+. The minimum atomic E-state index is -0.405. The zero-order valence-corrected chi connectivity index (χ0v) is 36.0. The van der Waals surface area contributed by atoms with Gasteiger partial charge in [-0.3, -0.25) is 5.32 Å². The molecular weight excluding hydrogens is 775 g/mol. The fraction of sp³-hybridized carbons (Fsp3) is 0.0984. The van der Waals surface area contributed by atoms with Gasteiger partial charge in [0.15, 0.2) is 6.17 Å². The third-order valence-corrected chi connectivity index (χ3v) is 14.2. The number of rotatable bonds is 6. The highest BCUT2D eigenvalue weighted by molar-refractivity contribution is 5.99. The summed E-state index contributed by atoms with van der Waals surface area (Å²) in [6.45, 7) is 4.77. The summed E-state index contributed by atoms with van der Waals surface area (Å²) in [5, 5.41) is 6.19. The summed E-state index contributed by atoms with van der Waals surface area (Å²) in [6.07, 6.45) is -0.209. The average Bonchev–Trinajstić information content (AvgIpc) is 3.66. The quantitative estimate of drug-likeness (QED) is 0.172. The summed E-state index contributed by atoms with van der Waals surface area (Å²) in [5.74, 6) is 0.894. The summed E-state index contributed by atoms with van der Waals surface area (Å²) >= 11 is 0. The molecule has 306 valence electrons. The Hall–Kier alpha value is -7.59. The molecule has 9 aromatic rings. The van der Waals surface area contributed by atoms with E-state index in [1.54, 1.807) is 0 Å². The number of hydrogen-bond acceptors (Lipinski definition) is 2. The molecule has 12 rings (SSSR count). The molecule has 0 bridgehead atoms. The summed E-state index contributed by atoms with van der Waals surface area (Å²) in [5.41, 5.74) is 21.0. The zero-order valence-electron chi connectivity index (χ0n) is 36.0. The van der Waals surface area contributed by atoms with Crippen LogP contribution in [0.4, 0.5) is 0 Å². The first-order chi connectivity index (χ1) is 31.5. The van der Waals surface area contributed by atoms with Crippen LogP contribution in [0, 0.1) is 0 Å². The molecule has 1 heterocycles. The normalized spacial score (nSPS) is 17.3. The number of nitrogens with two attached hydrogens (primary N) is 1. The summed E-state index contributed by atoms with van der Waals surface area (Å²) < 4.78 is 0. The Morgan fingerprint density at radius 2 is 0.844 bits per heavy atom. The smallest absolute Gasteiger partial charge is 0.209 e. The molecule has 1 spiro atoms. The summed E-state index contributed by atoms with van der Waals surface area (Å²) in [4.78, 5) is 5.45. The molecule has 0 fully saturated rings. The van der Waals surface area contributed by atoms with Gasteiger partial charge >= 0.3 is 0 Å². The van der Waals surface area contributed by atoms with Gasteiger partial charge in [-0.05, 0) is 90.0 Å². The van der Waals surface area contributed by atoms with Gasteiger partial charge in [0.05, 0.1) is 5.41 Å². The molecule has 2 aliphatic carbocycles. The SMILES string of the molecule is CC1(C)c2ccccc2C2(c3ccccc3-c3cc(-c4cccc(C5N=C(c6ccc(-c7ccccc7)cc6)NC(c6ccc(-c7ccccc7)cc6)[NH2+]5)c4)ccc32)c2ccccc21. The van der Waals surface area contributed by atoms with Gasteiger partial charge in [-0.25, -0.2) is 4.99 Å². The second kappa shape index (κ2) is 15.0. The third-order valence-electron chi connectivity index (χ3n) is 14.2. The van der Waals surface area contributed by atoms with E-state index in [0.29, 0.717) is 0 Å². The number of nitrogens with zero attached hydrogens (tertiary/aromatic N) is 1. The average molecular weight is 823 g/mol. The molecule has 0 amide bonds. The van der Waals surface area contributed by atoms with Crippen molar-refractivity contribution in [2.45, 2.75) is 37.0 Å². The van der Waals surface area contributed by atoms with E-state index in [0.717, 1.165) is 17.0 Å². The number of hydrogen-bond donors (Lipinski definition) is 2. The van der Waals surface area contributed by atoms with Crippen LogP contribution in [0.15, 0.2) is 229 Å². The second-order valence-corrected chi connectivity index (χ2v) is 18.1. The standard InChI is InChI=1S/C61H47N3/c1-60(2)53-24-11-13-26-55(53)61(56-27-14-12-25-54(56)60)51-23-10-9-22-49(51)50-39-47(36-37-52(50)61)46-20-15-21-48(38-46)59-63-57(44-32-28-42(29-33-44)40-16-5-3-6-17-40)62-58(64-59)45-34-30-43(31-35-45)41-18-7-4-8-19-41/h3-39,57,59,63H,1-2H3,(H,62,64)/p+1. The van der Waals surface area contributed by atoms with Crippen molar-refractivity contribution in [2.75, 3.05) is 0 Å². The van der Waals surface area contributed by atoms with E-state index in [1.807, 2.05) is 0 Å². The van der Waals surface area contributed by atoms with E-state index in [1.165, 1.54) is 83.5 Å². The number of amidine groups is 1. The topological polar surface area (TPSA) is 41.0 Å². The maximum absolute atomic E-state index is 5.45. The minimum Gasteiger partial charge on any atom is -0.317 e. The number of aliphatic imine (C=N–C) groups is 1. The van der Waals surface area contributed by atoms with Gasteiger partial charge in [-0.15, -0.1) is 0 Å².